The number of benzene rings is 2. The molecular weight excluding hydrogens is 519 g/mol. The first-order valence-electron chi connectivity index (χ1n) is 13.6. The SMILES string of the molecule is CC(C)C[C@H](NC(c1ccc(-c2ccc(N3CCN(CC(C)(C)O)CC3)cc2)cc1)C(F)(F)F)C(=O)NCC#N. The van der Waals surface area contributed by atoms with Crippen molar-refractivity contribution in [3.8, 4) is 17.2 Å². The lowest BCUT2D eigenvalue weighted by Gasteiger charge is -2.38. The molecular formula is C30H40F3N5O2. The van der Waals surface area contributed by atoms with Gasteiger partial charge in [-0.2, -0.15) is 18.4 Å². The summed E-state index contributed by atoms with van der Waals surface area (Å²) in [5.74, 6) is -0.652. The van der Waals surface area contributed by atoms with Gasteiger partial charge in [-0.15, -0.1) is 0 Å². The van der Waals surface area contributed by atoms with Crippen molar-refractivity contribution in [2.75, 3.05) is 44.2 Å². The van der Waals surface area contributed by atoms with Crippen LogP contribution in [0.5, 0.6) is 0 Å². The van der Waals surface area contributed by atoms with Crippen LogP contribution in [0.4, 0.5) is 18.9 Å². The molecule has 2 aromatic rings. The number of piperazine rings is 1. The van der Waals surface area contributed by atoms with Crippen molar-refractivity contribution in [2.24, 2.45) is 5.92 Å². The number of aliphatic hydroxyl groups is 1. The van der Waals surface area contributed by atoms with E-state index in [1.54, 1.807) is 18.2 Å². The molecule has 1 fully saturated rings. The minimum absolute atomic E-state index is 0.0126. The van der Waals surface area contributed by atoms with E-state index in [0.29, 0.717) is 6.54 Å². The number of alkyl halides is 3. The van der Waals surface area contributed by atoms with Crippen LogP contribution in [0, 0.1) is 17.2 Å². The summed E-state index contributed by atoms with van der Waals surface area (Å²) in [6.45, 7) is 11.1. The van der Waals surface area contributed by atoms with Gasteiger partial charge in [-0.3, -0.25) is 15.0 Å². The van der Waals surface area contributed by atoms with Crippen LogP contribution >= 0.6 is 0 Å². The van der Waals surface area contributed by atoms with Gasteiger partial charge in [0.1, 0.15) is 12.6 Å². The summed E-state index contributed by atoms with van der Waals surface area (Å²) in [6.07, 6.45) is -4.42. The second kappa shape index (κ2) is 13.5. The van der Waals surface area contributed by atoms with Gasteiger partial charge in [0.15, 0.2) is 0 Å². The van der Waals surface area contributed by atoms with Crippen molar-refractivity contribution < 1.29 is 23.1 Å². The smallest absolute Gasteiger partial charge is 0.389 e. The van der Waals surface area contributed by atoms with E-state index in [9.17, 15) is 23.1 Å². The average Bonchev–Trinajstić information content (AvgIpc) is 2.88. The Morgan fingerprint density at radius 2 is 1.55 bits per heavy atom. The van der Waals surface area contributed by atoms with Crippen LogP contribution in [-0.2, 0) is 4.79 Å². The lowest BCUT2D eigenvalue weighted by Crippen LogP contribution is -2.50. The Hall–Kier alpha value is -3.13. The van der Waals surface area contributed by atoms with E-state index >= 15 is 0 Å². The molecule has 0 spiro atoms. The number of hydrogen-bond acceptors (Lipinski definition) is 6. The number of carbonyl (C=O) groups excluding carboxylic acids is 1. The Kier molecular flexibility index (Phi) is 10.6. The third-order valence-corrected chi connectivity index (χ3v) is 6.85. The second-order valence-corrected chi connectivity index (χ2v) is 11.4. The van der Waals surface area contributed by atoms with Crippen molar-refractivity contribution in [2.45, 2.75) is 58.0 Å². The lowest BCUT2D eigenvalue weighted by atomic mass is 9.97. The van der Waals surface area contributed by atoms with Crippen LogP contribution in [-0.4, -0.2) is 73.0 Å². The van der Waals surface area contributed by atoms with E-state index in [2.05, 4.69) is 20.4 Å². The number of rotatable bonds is 11. The van der Waals surface area contributed by atoms with Crippen molar-refractivity contribution in [1.29, 1.82) is 5.26 Å². The van der Waals surface area contributed by atoms with Crippen LogP contribution in [0.1, 0.15) is 45.7 Å². The fraction of sp³-hybridized carbons (Fsp3) is 0.533. The number of nitriles is 1. The van der Waals surface area contributed by atoms with Crippen molar-refractivity contribution >= 4 is 11.6 Å². The van der Waals surface area contributed by atoms with E-state index in [1.165, 1.54) is 12.1 Å². The Morgan fingerprint density at radius 1 is 1.00 bits per heavy atom. The van der Waals surface area contributed by atoms with E-state index < -0.39 is 29.8 Å². The van der Waals surface area contributed by atoms with Crippen LogP contribution in [0.3, 0.4) is 0 Å². The van der Waals surface area contributed by atoms with Crippen molar-refractivity contribution in [1.82, 2.24) is 15.5 Å². The van der Waals surface area contributed by atoms with Crippen molar-refractivity contribution in [3.63, 3.8) is 0 Å². The molecule has 1 aliphatic rings. The highest BCUT2D eigenvalue weighted by molar-refractivity contribution is 5.82. The first kappa shape index (κ1) is 31.4. The topological polar surface area (TPSA) is 91.6 Å². The molecule has 1 saturated heterocycles. The molecule has 0 aromatic heterocycles. The van der Waals surface area contributed by atoms with Gasteiger partial charge in [-0.05, 0) is 55.0 Å². The van der Waals surface area contributed by atoms with Crippen LogP contribution < -0.4 is 15.5 Å². The summed E-state index contributed by atoms with van der Waals surface area (Å²) in [7, 11) is 0. The first-order valence-corrected chi connectivity index (χ1v) is 13.6. The predicted octanol–water partition coefficient (Wildman–Crippen LogP) is 4.49. The lowest BCUT2D eigenvalue weighted by molar-refractivity contribution is -0.161. The molecule has 7 nitrogen and oxygen atoms in total. The number of nitrogens with one attached hydrogen (secondary N) is 2. The largest absolute Gasteiger partial charge is 0.407 e. The Balaban J connectivity index is 1.70. The zero-order chi connectivity index (χ0) is 29.5. The fourth-order valence-electron chi connectivity index (χ4n) is 5.00. The molecule has 0 aliphatic carbocycles. The normalized spacial score (nSPS) is 16.4. The molecule has 1 amide bonds. The number of anilines is 1. The van der Waals surface area contributed by atoms with Crippen LogP contribution in [0.15, 0.2) is 48.5 Å². The highest BCUT2D eigenvalue weighted by atomic mass is 19.4. The number of β-amino-alcohol motifs (C(OH)–C–C–N with tert-alkyl or cyclic N) is 1. The second-order valence-electron chi connectivity index (χ2n) is 11.4. The molecule has 10 heteroatoms. The van der Waals surface area contributed by atoms with Gasteiger partial charge in [0.2, 0.25) is 5.91 Å². The van der Waals surface area contributed by atoms with Crippen LogP contribution in [0.2, 0.25) is 0 Å². The summed E-state index contributed by atoms with van der Waals surface area (Å²) in [5, 5.41) is 23.7. The zero-order valence-electron chi connectivity index (χ0n) is 23.6. The van der Waals surface area contributed by atoms with Gasteiger partial charge >= 0.3 is 6.18 Å². The van der Waals surface area contributed by atoms with Gasteiger partial charge in [-0.25, -0.2) is 0 Å². The summed E-state index contributed by atoms with van der Waals surface area (Å²) < 4.78 is 42.3. The monoisotopic (exact) mass is 559 g/mol. The summed E-state index contributed by atoms with van der Waals surface area (Å²) in [6, 6.07) is 12.8. The zero-order valence-corrected chi connectivity index (χ0v) is 23.6. The molecule has 1 aliphatic heterocycles. The molecule has 0 bridgehead atoms. The molecule has 2 atom stereocenters. The van der Waals surface area contributed by atoms with E-state index in [1.807, 2.05) is 52.0 Å². The third kappa shape index (κ3) is 9.22. The Bertz CT molecular complexity index is 1130. The standard InChI is InChI=1S/C30H40F3N5O2/c1-21(2)19-26(28(39)35-14-13-34)36-27(30(31,32)33)24-7-5-22(6-8-24)23-9-11-25(12-10-23)38-17-15-37(16-18-38)20-29(3,4)40/h5-12,21,26-27,36,40H,14-20H2,1-4H3,(H,35,39)/t26-,27?/m0/s1. The maximum Gasteiger partial charge on any atom is 0.407 e. The Labute approximate surface area is 235 Å². The molecule has 0 saturated carbocycles. The first-order chi connectivity index (χ1) is 18.8. The molecule has 2 aromatic carbocycles. The minimum Gasteiger partial charge on any atom is -0.389 e. The maximum atomic E-state index is 14.1. The van der Waals surface area contributed by atoms with Gasteiger partial charge in [0.25, 0.3) is 0 Å². The molecule has 0 radical (unpaired) electrons. The summed E-state index contributed by atoms with van der Waals surface area (Å²) in [4.78, 5) is 17.0. The molecule has 3 N–H and O–H groups in total. The van der Waals surface area contributed by atoms with Crippen LogP contribution in [0.25, 0.3) is 11.1 Å². The van der Waals surface area contributed by atoms with Gasteiger partial charge < -0.3 is 15.3 Å². The van der Waals surface area contributed by atoms with E-state index in [0.717, 1.165) is 43.0 Å². The number of halogens is 3. The van der Waals surface area contributed by atoms with E-state index in [-0.39, 0.29) is 24.4 Å². The van der Waals surface area contributed by atoms with Crippen molar-refractivity contribution in [3.05, 3.63) is 54.1 Å². The molecule has 218 valence electrons. The quantitative estimate of drug-likeness (QED) is 0.352. The highest BCUT2D eigenvalue weighted by Crippen LogP contribution is 2.35. The molecule has 1 unspecified atom stereocenters. The van der Waals surface area contributed by atoms with Gasteiger partial charge in [0.05, 0.1) is 17.7 Å². The number of amides is 1. The maximum absolute atomic E-state index is 14.1. The number of nitrogens with zero attached hydrogens (tertiary/aromatic N) is 3. The van der Waals surface area contributed by atoms with E-state index in [4.69, 9.17) is 5.26 Å². The molecule has 1 heterocycles. The predicted molar refractivity (Wildman–Crippen MR) is 151 cm³/mol. The average molecular weight is 560 g/mol. The van der Waals surface area contributed by atoms with Gasteiger partial charge in [-0.1, -0.05) is 50.2 Å². The third-order valence-electron chi connectivity index (χ3n) is 6.85. The Morgan fingerprint density at radius 3 is 2.02 bits per heavy atom. The summed E-state index contributed by atoms with van der Waals surface area (Å²) in [5.41, 5.74) is 2.05. The number of carbonyl (C=O) groups is 1. The molecule has 40 heavy (non-hydrogen) atoms. The highest BCUT2D eigenvalue weighted by Gasteiger charge is 2.43. The number of hydrogen-bond donors (Lipinski definition) is 3. The fourth-order valence-corrected chi connectivity index (χ4v) is 5.00. The van der Waals surface area contributed by atoms with Gasteiger partial charge in [0, 0.05) is 38.4 Å². The molecule has 3 rings (SSSR count). The summed E-state index contributed by atoms with van der Waals surface area (Å²) >= 11 is 0. The minimum atomic E-state index is -4.62.